The van der Waals surface area contributed by atoms with Gasteiger partial charge in [0.25, 0.3) is 5.56 Å². The molecule has 30 heavy (non-hydrogen) atoms. The molecule has 0 aliphatic carbocycles. The molecule has 0 saturated carbocycles. The fraction of sp³-hybridized carbons (Fsp3) is 0.360. The highest BCUT2D eigenvalue weighted by atomic mass is 16.2. The van der Waals surface area contributed by atoms with E-state index < -0.39 is 0 Å². The molecule has 1 aromatic heterocycles. The largest absolute Gasteiger partial charge is 0.351 e. The fourth-order valence-electron chi connectivity index (χ4n) is 3.72. The van der Waals surface area contributed by atoms with Crippen LogP contribution in [0.15, 0.2) is 59.4 Å². The summed E-state index contributed by atoms with van der Waals surface area (Å²) in [5.74, 6) is 0.240. The Kier molecular flexibility index (Phi) is 6.60. The number of rotatable bonds is 7. The van der Waals surface area contributed by atoms with Gasteiger partial charge in [-0.15, -0.1) is 0 Å². The van der Waals surface area contributed by atoms with Crippen LogP contribution >= 0.6 is 0 Å². The second-order valence-electron chi connectivity index (χ2n) is 8.32. The van der Waals surface area contributed by atoms with Crippen LogP contribution in [-0.2, 0) is 24.8 Å². The van der Waals surface area contributed by atoms with Gasteiger partial charge in [0.15, 0.2) is 0 Å². The lowest BCUT2D eigenvalue weighted by Crippen LogP contribution is -2.30. The summed E-state index contributed by atoms with van der Waals surface area (Å²) in [6.45, 7) is 8.40. The molecule has 5 nitrogen and oxygen atoms in total. The lowest BCUT2D eigenvalue weighted by Gasteiger charge is -2.13. The highest BCUT2D eigenvalue weighted by molar-refractivity contribution is 5.83. The van der Waals surface area contributed by atoms with Crippen molar-refractivity contribution in [1.29, 1.82) is 0 Å². The van der Waals surface area contributed by atoms with Crippen LogP contribution in [0.5, 0.6) is 0 Å². The minimum atomic E-state index is -0.279. The maximum atomic E-state index is 13.0. The van der Waals surface area contributed by atoms with E-state index in [1.165, 1.54) is 5.56 Å². The highest BCUT2D eigenvalue weighted by Crippen LogP contribution is 2.18. The fourth-order valence-corrected chi connectivity index (χ4v) is 3.72. The molecule has 0 bridgehead atoms. The number of nitrogens with zero attached hydrogens (tertiary/aromatic N) is 2. The summed E-state index contributed by atoms with van der Waals surface area (Å²) in [6.07, 6.45) is 1.03. The third-order valence-corrected chi connectivity index (χ3v) is 5.63. The first kappa shape index (κ1) is 21.6. The number of benzene rings is 2. The molecule has 3 rings (SSSR count). The maximum Gasteiger partial charge on any atom is 0.276 e. The summed E-state index contributed by atoms with van der Waals surface area (Å²) < 4.78 is 3.46. The molecule has 0 spiro atoms. The molecule has 0 fully saturated rings. The van der Waals surface area contributed by atoms with Crippen LogP contribution in [0.4, 0.5) is 0 Å². The Morgan fingerprint density at radius 1 is 1.00 bits per heavy atom. The summed E-state index contributed by atoms with van der Waals surface area (Å²) in [6, 6.07) is 17.8. The molecule has 1 amide bonds. The van der Waals surface area contributed by atoms with Crippen molar-refractivity contribution in [1.82, 2.24) is 14.7 Å². The van der Waals surface area contributed by atoms with Gasteiger partial charge in [-0.1, -0.05) is 56.3 Å². The van der Waals surface area contributed by atoms with Crippen molar-refractivity contribution in [2.75, 3.05) is 0 Å². The monoisotopic (exact) mass is 405 g/mol. The van der Waals surface area contributed by atoms with Gasteiger partial charge in [0.05, 0.1) is 23.7 Å². The third-order valence-electron chi connectivity index (χ3n) is 5.63. The van der Waals surface area contributed by atoms with E-state index in [-0.39, 0.29) is 23.9 Å². The van der Waals surface area contributed by atoms with Crippen molar-refractivity contribution in [3.8, 4) is 5.69 Å². The lowest BCUT2D eigenvalue weighted by molar-refractivity contribution is -0.122. The Morgan fingerprint density at radius 2 is 1.63 bits per heavy atom. The smallest absolute Gasteiger partial charge is 0.276 e. The maximum absolute atomic E-state index is 13.0. The molecule has 5 heteroatoms. The molecule has 1 unspecified atom stereocenters. The molecular formula is C25H31N3O2. The minimum absolute atomic E-state index is 0.0828. The van der Waals surface area contributed by atoms with Crippen molar-refractivity contribution >= 4 is 5.91 Å². The molecule has 0 aliphatic heterocycles. The van der Waals surface area contributed by atoms with Gasteiger partial charge in [-0.25, -0.2) is 4.68 Å². The van der Waals surface area contributed by atoms with Gasteiger partial charge < -0.3 is 5.32 Å². The summed E-state index contributed by atoms with van der Waals surface area (Å²) >= 11 is 0. The SMILES string of the molecule is Cc1c(CNC(=O)C(C)c2ccc(CC(C)C)cc2)c(=O)n(-c2ccccc2)n1C. The Balaban J connectivity index is 1.72. The predicted octanol–water partition coefficient (Wildman–Crippen LogP) is 4.10. The van der Waals surface area contributed by atoms with Gasteiger partial charge >= 0.3 is 0 Å². The van der Waals surface area contributed by atoms with Crippen LogP contribution in [0.2, 0.25) is 0 Å². The highest BCUT2D eigenvalue weighted by Gasteiger charge is 2.19. The number of amides is 1. The topological polar surface area (TPSA) is 56.0 Å². The third kappa shape index (κ3) is 4.56. The van der Waals surface area contributed by atoms with E-state index in [1.807, 2.05) is 68.0 Å². The normalized spacial score (nSPS) is 12.2. The molecule has 1 atom stereocenters. The molecule has 1 heterocycles. The molecule has 0 saturated heterocycles. The quantitative estimate of drug-likeness (QED) is 0.643. The molecule has 0 radical (unpaired) electrons. The Morgan fingerprint density at radius 3 is 2.23 bits per heavy atom. The van der Waals surface area contributed by atoms with Gasteiger partial charge in [0.1, 0.15) is 0 Å². The van der Waals surface area contributed by atoms with Gasteiger partial charge in [-0.2, -0.15) is 0 Å². The summed E-state index contributed by atoms with van der Waals surface area (Å²) in [5, 5.41) is 2.95. The van der Waals surface area contributed by atoms with Crippen molar-refractivity contribution in [2.24, 2.45) is 13.0 Å². The number of carbonyl (C=O) groups is 1. The molecule has 0 aliphatic rings. The van der Waals surface area contributed by atoms with Crippen LogP contribution in [-0.4, -0.2) is 15.3 Å². The van der Waals surface area contributed by atoms with Crippen molar-refractivity contribution in [3.63, 3.8) is 0 Å². The molecule has 1 N–H and O–H groups in total. The van der Waals surface area contributed by atoms with E-state index in [9.17, 15) is 9.59 Å². The summed E-state index contributed by atoms with van der Waals surface area (Å²) in [4.78, 5) is 25.7. The van der Waals surface area contributed by atoms with Crippen LogP contribution in [0.3, 0.4) is 0 Å². The van der Waals surface area contributed by atoms with E-state index >= 15 is 0 Å². The average molecular weight is 406 g/mol. The summed E-state index contributed by atoms with van der Waals surface area (Å²) in [5.41, 5.74) is 4.41. The first-order valence-corrected chi connectivity index (χ1v) is 10.5. The predicted molar refractivity (Wildman–Crippen MR) is 121 cm³/mol. The van der Waals surface area contributed by atoms with Crippen molar-refractivity contribution < 1.29 is 4.79 Å². The molecule has 2 aromatic carbocycles. The number of nitrogens with one attached hydrogen (secondary N) is 1. The van der Waals surface area contributed by atoms with E-state index in [4.69, 9.17) is 0 Å². The first-order chi connectivity index (χ1) is 14.3. The van der Waals surface area contributed by atoms with Crippen molar-refractivity contribution in [3.05, 3.63) is 87.3 Å². The van der Waals surface area contributed by atoms with E-state index in [0.717, 1.165) is 23.4 Å². The zero-order chi connectivity index (χ0) is 21.8. The number of hydrogen-bond acceptors (Lipinski definition) is 2. The van der Waals surface area contributed by atoms with Crippen molar-refractivity contribution in [2.45, 2.75) is 46.6 Å². The number of para-hydroxylation sites is 1. The Bertz CT molecular complexity index is 1060. The Labute approximate surface area is 178 Å². The number of aromatic nitrogens is 2. The minimum Gasteiger partial charge on any atom is -0.351 e. The first-order valence-electron chi connectivity index (χ1n) is 10.5. The number of hydrogen-bond donors (Lipinski definition) is 1. The lowest BCUT2D eigenvalue weighted by atomic mass is 9.96. The van der Waals surface area contributed by atoms with E-state index in [1.54, 1.807) is 4.68 Å². The summed E-state index contributed by atoms with van der Waals surface area (Å²) in [7, 11) is 1.86. The van der Waals surface area contributed by atoms with Crippen LogP contribution in [0, 0.1) is 12.8 Å². The van der Waals surface area contributed by atoms with E-state index in [2.05, 4.69) is 31.3 Å². The molecule has 3 aromatic rings. The molecular weight excluding hydrogens is 374 g/mol. The van der Waals surface area contributed by atoms with E-state index in [0.29, 0.717) is 11.5 Å². The second-order valence-corrected chi connectivity index (χ2v) is 8.32. The van der Waals surface area contributed by atoms with Gasteiger partial charge in [-0.05, 0) is 49.4 Å². The second kappa shape index (κ2) is 9.16. The molecule has 158 valence electrons. The van der Waals surface area contributed by atoms with Gasteiger partial charge in [0.2, 0.25) is 5.91 Å². The average Bonchev–Trinajstić information content (AvgIpc) is 2.94. The van der Waals surface area contributed by atoms with Crippen LogP contribution in [0.1, 0.15) is 49.1 Å². The Hall–Kier alpha value is -3.08. The number of carbonyl (C=O) groups excluding carboxylic acids is 1. The zero-order valence-electron chi connectivity index (χ0n) is 18.5. The zero-order valence-corrected chi connectivity index (χ0v) is 18.5. The van der Waals surface area contributed by atoms with Crippen LogP contribution in [0.25, 0.3) is 5.69 Å². The van der Waals surface area contributed by atoms with Gasteiger partial charge in [-0.3, -0.25) is 14.3 Å². The van der Waals surface area contributed by atoms with Gasteiger partial charge in [0, 0.05) is 12.7 Å². The standard InChI is InChI=1S/C25H31N3O2/c1-17(2)15-20-11-13-21(14-12-20)18(3)24(29)26-16-23-19(4)27(5)28(25(23)30)22-9-7-6-8-10-22/h6-14,17-18H,15-16H2,1-5H3,(H,26,29). The van der Waals surface area contributed by atoms with Crippen LogP contribution < -0.4 is 10.9 Å².